The minimum Gasteiger partial charge on any atom is -0.375 e. The molecule has 0 aliphatic carbocycles. The maximum atomic E-state index is 11.9. The van der Waals surface area contributed by atoms with Crippen molar-refractivity contribution in [1.29, 1.82) is 0 Å². The smallest absolute Gasteiger partial charge is 0.223 e. The van der Waals surface area contributed by atoms with E-state index >= 15 is 0 Å². The van der Waals surface area contributed by atoms with E-state index in [1.165, 1.54) is 6.42 Å². The van der Waals surface area contributed by atoms with Crippen molar-refractivity contribution in [3.05, 3.63) is 0 Å². The molecule has 110 valence electrons. The van der Waals surface area contributed by atoms with E-state index in [0.29, 0.717) is 25.6 Å². The van der Waals surface area contributed by atoms with Crippen LogP contribution in [-0.2, 0) is 14.3 Å². The van der Waals surface area contributed by atoms with Crippen molar-refractivity contribution in [3.8, 4) is 0 Å². The highest BCUT2D eigenvalue weighted by Crippen LogP contribution is 2.15. The predicted octanol–water partition coefficient (Wildman–Crippen LogP) is 1.31. The van der Waals surface area contributed by atoms with Crippen molar-refractivity contribution in [3.63, 3.8) is 0 Å². The van der Waals surface area contributed by atoms with E-state index in [1.54, 1.807) is 4.90 Å². The highest BCUT2D eigenvalue weighted by atomic mass is 16.5. The van der Waals surface area contributed by atoms with E-state index in [2.05, 4.69) is 13.8 Å². The molecule has 1 unspecified atom stereocenters. The molecule has 0 radical (unpaired) electrons. The number of carbonyl (C=O) groups excluding carboxylic acids is 2. The van der Waals surface area contributed by atoms with Crippen LogP contribution in [0.5, 0.6) is 0 Å². The highest BCUT2D eigenvalue weighted by Gasteiger charge is 2.23. The standard InChI is InChI=1S/C14H26N2O3/c1-11(2)4-3-5-12-10-16(8-9-19-12)14(18)7-6-13(15)17/h11-12H,3-10H2,1-2H3,(H2,15,17). The zero-order chi connectivity index (χ0) is 14.3. The minimum atomic E-state index is -0.421. The molecular weight excluding hydrogens is 244 g/mol. The van der Waals surface area contributed by atoms with E-state index in [-0.39, 0.29) is 24.9 Å². The van der Waals surface area contributed by atoms with Crippen LogP contribution in [0.1, 0.15) is 46.0 Å². The molecule has 1 aliphatic heterocycles. The number of amides is 2. The molecule has 2 amide bonds. The van der Waals surface area contributed by atoms with Gasteiger partial charge in [0.2, 0.25) is 11.8 Å². The lowest BCUT2D eigenvalue weighted by Gasteiger charge is -2.33. The molecule has 0 saturated carbocycles. The fourth-order valence-electron chi connectivity index (χ4n) is 2.26. The molecule has 0 aromatic heterocycles. The maximum absolute atomic E-state index is 11.9. The molecule has 1 heterocycles. The van der Waals surface area contributed by atoms with Gasteiger partial charge in [0.1, 0.15) is 0 Å². The Morgan fingerprint density at radius 3 is 2.74 bits per heavy atom. The van der Waals surface area contributed by atoms with Crippen LogP contribution in [0.2, 0.25) is 0 Å². The van der Waals surface area contributed by atoms with Crippen LogP contribution in [0.4, 0.5) is 0 Å². The van der Waals surface area contributed by atoms with Gasteiger partial charge in [-0.05, 0) is 12.3 Å². The van der Waals surface area contributed by atoms with Crippen molar-refractivity contribution >= 4 is 11.8 Å². The molecule has 0 spiro atoms. The first-order valence-electron chi connectivity index (χ1n) is 7.16. The summed E-state index contributed by atoms with van der Waals surface area (Å²) in [6.45, 7) is 6.28. The molecule has 0 bridgehead atoms. The van der Waals surface area contributed by atoms with Crippen LogP contribution in [-0.4, -0.2) is 42.5 Å². The molecule has 1 aliphatic rings. The second-order valence-electron chi connectivity index (χ2n) is 5.62. The van der Waals surface area contributed by atoms with Gasteiger partial charge >= 0.3 is 0 Å². The van der Waals surface area contributed by atoms with Crippen molar-refractivity contribution in [1.82, 2.24) is 4.90 Å². The number of primary amides is 1. The second-order valence-corrected chi connectivity index (χ2v) is 5.62. The van der Waals surface area contributed by atoms with Crippen LogP contribution in [0.15, 0.2) is 0 Å². The molecule has 0 aromatic carbocycles. The molecule has 1 atom stereocenters. The largest absolute Gasteiger partial charge is 0.375 e. The summed E-state index contributed by atoms with van der Waals surface area (Å²) in [4.78, 5) is 24.4. The van der Waals surface area contributed by atoms with Gasteiger partial charge < -0.3 is 15.4 Å². The third-order valence-corrected chi connectivity index (χ3v) is 3.38. The van der Waals surface area contributed by atoms with Gasteiger partial charge in [-0.15, -0.1) is 0 Å². The third-order valence-electron chi connectivity index (χ3n) is 3.38. The molecule has 0 aromatic rings. The van der Waals surface area contributed by atoms with E-state index in [1.807, 2.05) is 0 Å². The monoisotopic (exact) mass is 270 g/mol. The van der Waals surface area contributed by atoms with Gasteiger partial charge in [-0.25, -0.2) is 0 Å². The van der Waals surface area contributed by atoms with Crippen LogP contribution in [0, 0.1) is 5.92 Å². The number of hydrogen-bond acceptors (Lipinski definition) is 3. The zero-order valence-electron chi connectivity index (χ0n) is 12.1. The van der Waals surface area contributed by atoms with Crippen molar-refractivity contribution < 1.29 is 14.3 Å². The quantitative estimate of drug-likeness (QED) is 0.758. The van der Waals surface area contributed by atoms with E-state index in [0.717, 1.165) is 12.8 Å². The third kappa shape index (κ3) is 6.57. The SMILES string of the molecule is CC(C)CCCC1CN(C(=O)CCC(N)=O)CCO1. The number of nitrogens with zero attached hydrogens (tertiary/aromatic N) is 1. The van der Waals surface area contributed by atoms with Crippen LogP contribution in [0.3, 0.4) is 0 Å². The highest BCUT2D eigenvalue weighted by molar-refractivity contribution is 5.82. The Morgan fingerprint density at radius 1 is 1.37 bits per heavy atom. The van der Waals surface area contributed by atoms with E-state index in [4.69, 9.17) is 10.5 Å². The number of carbonyl (C=O) groups is 2. The fraction of sp³-hybridized carbons (Fsp3) is 0.857. The number of hydrogen-bond donors (Lipinski definition) is 1. The van der Waals surface area contributed by atoms with Crippen molar-refractivity contribution in [2.75, 3.05) is 19.7 Å². The van der Waals surface area contributed by atoms with Gasteiger partial charge in [-0.2, -0.15) is 0 Å². The van der Waals surface area contributed by atoms with Gasteiger partial charge in [0, 0.05) is 25.9 Å². The van der Waals surface area contributed by atoms with Crippen molar-refractivity contribution in [2.45, 2.75) is 52.1 Å². The Morgan fingerprint density at radius 2 is 2.11 bits per heavy atom. The van der Waals surface area contributed by atoms with Crippen molar-refractivity contribution in [2.24, 2.45) is 11.7 Å². The normalized spacial score (nSPS) is 19.7. The van der Waals surface area contributed by atoms with Crippen LogP contribution in [0.25, 0.3) is 0 Å². The van der Waals surface area contributed by atoms with Gasteiger partial charge in [-0.1, -0.05) is 26.7 Å². The average molecular weight is 270 g/mol. The van der Waals surface area contributed by atoms with Gasteiger partial charge in [0.25, 0.3) is 0 Å². The molecule has 1 rings (SSSR count). The second kappa shape index (κ2) is 8.15. The Kier molecular flexibility index (Phi) is 6.84. The maximum Gasteiger partial charge on any atom is 0.223 e. The molecule has 1 saturated heterocycles. The lowest BCUT2D eigenvalue weighted by Crippen LogP contribution is -2.45. The summed E-state index contributed by atoms with van der Waals surface area (Å²) >= 11 is 0. The lowest BCUT2D eigenvalue weighted by molar-refractivity contribution is -0.140. The molecule has 19 heavy (non-hydrogen) atoms. The summed E-state index contributed by atoms with van der Waals surface area (Å²) in [5, 5.41) is 0. The molecule has 1 fully saturated rings. The van der Waals surface area contributed by atoms with E-state index in [9.17, 15) is 9.59 Å². The summed E-state index contributed by atoms with van der Waals surface area (Å²) < 4.78 is 5.68. The Hall–Kier alpha value is -1.10. The molecule has 5 heteroatoms. The predicted molar refractivity (Wildman–Crippen MR) is 73.4 cm³/mol. The summed E-state index contributed by atoms with van der Waals surface area (Å²) in [6, 6.07) is 0. The first kappa shape index (κ1) is 16.0. The van der Waals surface area contributed by atoms with Gasteiger partial charge in [-0.3, -0.25) is 9.59 Å². The van der Waals surface area contributed by atoms with Crippen LogP contribution < -0.4 is 5.73 Å². The molecule has 5 nitrogen and oxygen atoms in total. The number of morpholine rings is 1. The Bertz CT molecular complexity index is 305. The van der Waals surface area contributed by atoms with E-state index < -0.39 is 5.91 Å². The lowest BCUT2D eigenvalue weighted by atomic mass is 10.0. The summed E-state index contributed by atoms with van der Waals surface area (Å²) in [5.74, 6) is 0.294. The zero-order valence-corrected chi connectivity index (χ0v) is 12.1. The Labute approximate surface area is 115 Å². The number of ether oxygens (including phenoxy) is 1. The van der Waals surface area contributed by atoms with Gasteiger partial charge in [0.15, 0.2) is 0 Å². The summed E-state index contributed by atoms with van der Waals surface area (Å²) in [5.41, 5.74) is 5.06. The molecule has 2 N–H and O–H groups in total. The topological polar surface area (TPSA) is 72.6 Å². The van der Waals surface area contributed by atoms with Crippen LogP contribution >= 0.6 is 0 Å². The Balaban J connectivity index is 2.28. The number of nitrogens with two attached hydrogens (primary N) is 1. The molecular formula is C14H26N2O3. The first-order chi connectivity index (χ1) is 8.99. The minimum absolute atomic E-state index is 0.0101. The van der Waals surface area contributed by atoms with Gasteiger partial charge in [0.05, 0.1) is 12.7 Å². The summed E-state index contributed by atoms with van der Waals surface area (Å²) in [6.07, 6.45) is 3.81. The fourth-order valence-corrected chi connectivity index (χ4v) is 2.26. The number of rotatable bonds is 7. The first-order valence-corrected chi connectivity index (χ1v) is 7.16. The average Bonchev–Trinajstić information content (AvgIpc) is 2.36. The summed E-state index contributed by atoms with van der Waals surface area (Å²) in [7, 11) is 0.